The van der Waals surface area contributed by atoms with E-state index in [2.05, 4.69) is 6.92 Å². The van der Waals surface area contributed by atoms with Gasteiger partial charge in [-0.25, -0.2) is 0 Å². The van der Waals surface area contributed by atoms with Gasteiger partial charge in [0, 0.05) is 24.3 Å². The highest BCUT2D eigenvalue weighted by Crippen LogP contribution is 2.18. The summed E-state index contributed by atoms with van der Waals surface area (Å²) in [4.78, 5) is 0. The van der Waals surface area contributed by atoms with Gasteiger partial charge >= 0.3 is 0 Å². The summed E-state index contributed by atoms with van der Waals surface area (Å²) in [5.74, 6) is 2.96. The molecular weight excluding hydrogens is 170 g/mol. The van der Waals surface area contributed by atoms with E-state index in [-0.39, 0.29) is 0 Å². The van der Waals surface area contributed by atoms with Gasteiger partial charge in [0.25, 0.3) is 0 Å². The molecule has 1 heterocycles. The van der Waals surface area contributed by atoms with E-state index in [1.807, 2.05) is 11.8 Å². The van der Waals surface area contributed by atoms with Gasteiger partial charge in [-0.1, -0.05) is 6.92 Å². The minimum absolute atomic E-state index is 0.351. The van der Waals surface area contributed by atoms with Gasteiger partial charge in [-0.2, -0.15) is 11.8 Å². The fraction of sp³-hybridized carbons (Fsp3) is 1.00. The van der Waals surface area contributed by atoms with Gasteiger partial charge in [0.2, 0.25) is 0 Å². The van der Waals surface area contributed by atoms with E-state index in [1.54, 1.807) is 0 Å². The molecule has 0 spiro atoms. The highest BCUT2D eigenvalue weighted by Gasteiger charge is 2.22. The van der Waals surface area contributed by atoms with E-state index in [9.17, 15) is 0 Å². The molecule has 2 nitrogen and oxygen atoms in total. The van der Waals surface area contributed by atoms with E-state index in [0.29, 0.717) is 12.0 Å². The molecule has 1 aliphatic heterocycles. The number of nitrogens with two attached hydrogens (primary N) is 1. The van der Waals surface area contributed by atoms with Crippen molar-refractivity contribution in [3.05, 3.63) is 0 Å². The zero-order chi connectivity index (χ0) is 8.81. The van der Waals surface area contributed by atoms with Crippen LogP contribution in [0.15, 0.2) is 0 Å². The fourth-order valence-electron chi connectivity index (χ4n) is 1.39. The summed E-state index contributed by atoms with van der Waals surface area (Å²) in [6, 6.07) is 0.351. The van der Waals surface area contributed by atoms with Crippen molar-refractivity contribution in [3.63, 3.8) is 0 Å². The molecule has 1 saturated heterocycles. The number of ether oxygens (including phenoxy) is 1. The van der Waals surface area contributed by atoms with Crippen molar-refractivity contribution >= 4 is 11.8 Å². The van der Waals surface area contributed by atoms with E-state index >= 15 is 0 Å². The largest absolute Gasteiger partial charge is 0.381 e. The van der Waals surface area contributed by atoms with Crippen molar-refractivity contribution in [1.82, 2.24) is 0 Å². The fourth-order valence-corrected chi connectivity index (χ4v) is 2.39. The molecule has 0 radical (unpaired) electrons. The zero-order valence-electron chi connectivity index (χ0n) is 7.79. The summed E-state index contributed by atoms with van der Waals surface area (Å²) >= 11 is 1.97. The molecule has 0 bridgehead atoms. The number of thioether (sulfide) groups is 1. The summed E-state index contributed by atoms with van der Waals surface area (Å²) in [5.41, 5.74) is 6.02. The highest BCUT2D eigenvalue weighted by molar-refractivity contribution is 7.99. The minimum atomic E-state index is 0.351. The van der Waals surface area contributed by atoms with Crippen LogP contribution in [0.4, 0.5) is 0 Å². The van der Waals surface area contributed by atoms with E-state index in [1.165, 1.54) is 12.2 Å². The molecule has 0 saturated carbocycles. The Morgan fingerprint density at radius 3 is 3.08 bits per heavy atom. The summed E-state index contributed by atoms with van der Waals surface area (Å²) < 4.78 is 5.30. The Morgan fingerprint density at radius 1 is 1.67 bits per heavy atom. The molecule has 0 amide bonds. The molecule has 2 atom stereocenters. The molecule has 12 heavy (non-hydrogen) atoms. The van der Waals surface area contributed by atoms with Crippen molar-refractivity contribution < 1.29 is 4.74 Å². The summed E-state index contributed by atoms with van der Waals surface area (Å²) in [5, 5.41) is 0. The number of rotatable bonds is 5. The van der Waals surface area contributed by atoms with Crippen LogP contribution in [0, 0.1) is 5.92 Å². The van der Waals surface area contributed by atoms with Gasteiger partial charge in [-0.05, 0) is 18.6 Å². The topological polar surface area (TPSA) is 35.2 Å². The SMILES string of the molecule is CCCSCC(N)C1CCOC1. The van der Waals surface area contributed by atoms with Crippen molar-refractivity contribution in [2.75, 3.05) is 24.7 Å². The highest BCUT2D eigenvalue weighted by atomic mass is 32.2. The summed E-state index contributed by atoms with van der Waals surface area (Å²) in [7, 11) is 0. The third kappa shape index (κ3) is 3.33. The molecule has 1 fully saturated rings. The third-order valence-corrected chi connectivity index (χ3v) is 3.55. The third-order valence-electron chi connectivity index (χ3n) is 2.23. The average molecular weight is 189 g/mol. The van der Waals surface area contributed by atoms with Crippen molar-refractivity contribution in [3.8, 4) is 0 Å². The molecule has 0 aromatic carbocycles. The quantitative estimate of drug-likeness (QED) is 0.666. The van der Waals surface area contributed by atoms with Crippen LogP contribution < -0.4 is 5.73 Å². The molecular formula is C9H19NOS. The van der Waals surface area contributed by atoms with Crippen molar-refractivity contribution in [2.24, 2.45) is 11.7 Å². The predicted octanol–water partition coefficient (Wildman–Crippen LogP) is 1.49. The van der Waals surface area contributed by atoms with Crippen LogP contribution in [0.3, 0.4) is 0 Å². The monoisotopic (exact) mass is 189 g/mol. The van der Waals surface area contributed by atoms with Crippen molar-refractivity contribution in [1.29, 1.82) is 0 Å². The van der Waals surface area contributed by atoms with Crippen LogP contribution in [0.25, 0.3) is 0 Å². The lowest BCUT2D eigenvalue weighted by Gasteiger charge is -2.16. The Labute approximate surface area is 79.2 Å². The van der Waals surface area contributed by atoms with Gasteiger partial charge < -0.3 is 10.5 Å². The lowest BCUT2D eigenvalue weighted by molar-refractivity contribution is 0.182. The molecule has 1 aliphatic rings. The minimum Gasteiger partial charge on any atom is -0.381 e. The predicted molar refractivity (Wildman–Crippen MR) is 54.5 cm³/mol. The average Bonchev–Trinajstić information content (AvgIpc) is 2.56. The summed E-state index contributed by atoms with van der Waals surface area (Å²) in [6.45, 7) is 4.00. The Morgan fingerprint density at radius 2 is 2.50 bits per heavy atom. The first kappa shape index (κ1) is 10.4. The lowest BCUT2D eigenvalue weighted by atomic mass is 10.0. The summed E-state index contributed by atoms with van der Waals surface area (Å²) in [6.07, 6.45) is 2.41. The van der Waals surface area contributed by atoms with Crippen LogP contribution in [-0.2, 0) is 4.74 Å². The number of hydrogen-bond acceptors (Lipinski definition) is 3. The Bertz CT molecular complexity index is 115. The molecule has 3 heteroatoms. The van der Waals surface area contributed by atoms with Crippen LogP contribution in [0.2, 0.25) is 0 Å². The normalized spacial score (nSPS) is 26.0. The molecule has 2 N–H and O–H groups in total. The Balaban J connectivity index is 2.05. The molecule has 0 aromatic rings. The van der Waals surface area contributed by atoms with Gasteiger partial charge in [0.1, 0.15) is 0 Å². The smallest absolute Gasteiger partial charge is 0.0510 e. The molecule has 0 aromatic heterocycles. The van der Waals surface area contributed by atoms with Gasteiger partial charge in [0.05, 0.1) is 6.61 Å². The van der Waals surface area contributed by atoms with Crippen LogP contribution in [0.5, 0.6) is 0 Å². The zero-order valence-corrected chi connectivity index (χ0v) is 8.61. The van der Waals surface area contributed by atoms with Crippen LogP contribution in [-0.4, -0.2) is 30.8 Å². The maximum Gasteiger partial charge on any atom is 0.0510 e. The molecule has 2 unspecified atom stereocenters. The molecule has 72 valence electrons. The van der Waals surface area contributed by atoms with E-state index in [0.717, 1.165) is 25.4 Å². The molecule has 0 aliphatic carbocycles. The Hall–Kier alpha value is 0.270. The second kappa shape index (κ2) is 5.84. The van der Waals surface area contributed by atoms with Gasteiger partial charge in [0.15, 0.2) is 0 Å². The second-order valence-electron chi connectivity index (χ2n) is 3.36. The number of hydrogen-bond donors (Lipinski definition) is 1. The first-order valence-corrected chi connectivity index (χ1v) is 5.91. The first-order chi connectivity index (χ1) is 5.84. The van der Waals surface area contributed by atoms with Gasteiger partial charge in [-0.15, -0.1) is 0 Å². The van der Waals surface area contributed by atoms with Crippen LogP contribution in [0.1, 0.15) is 19.8 Å². The maximum absolute atomic E-state index is 6.02. The molecule has 1 rings (SSSR count). The first-order valence-electron chi connectivity index (χ1n) is 4.75. The van der Waals surface area contributed by atoms with Crippen LogP contribution >= 0.6 is 11.8 Å². The second-order valence-corrected chi connectivity index (χ2v) is 4.51. The lowest BCUT2D eigenvalue weighted by Crippen LogP contribution is -2.32. The maximum atomic E-state index is 6.02. The van der Waals surface area contributed by atoms with Gasteiger partial charge in [-0.3, -0.25) is 0 Å². The van der Waals surface area contributed by atoms with E-state index in [4.69, 9.17) is 10.5 Å². The van der Waals surface area contributed by atoms with E-state index < -0.39 is 0 Å². The Kier molecular flexibility index (Phi) is 5.04. The standard InChI is InChI=1S/C9H19NOS/c1-2-5-12-7-9(10)8-3-4-11-6-8/h8-9H,2-7,10H2,1H3. The van der Waals surface area contributed by atoms with Crippen molar-refractivity contribution in [2.45, 2.75) is 25.8 Å².